The van der Waals surface area contributed by atoms with Gasteiger partial charge in [-0.2, -0.15) is 0 Å². The molecule has 0 unspecified atom stereocenters. The Morgan fingerprint density at radius 3 is 3.00 bits per heavy atom. The van der Waals surface area contributed by atoms with Crippen molar-refractivity contribution in [3.05, 3.63) is 29.3 Å². The van der Waals surface area contributed by atoms with Crippen molar-refractivity contribution in [1.82, 2.24) is 15.2 Å². The van der Waals surface area contributed by atoms with E-state index in [4.69, 9.17) is 9.47 Å². The highest BCUT2D eigenvalue weighted by Crippen LogP contribution is 2.35. The molecule has 1 aromatic carbocycles. The van der Waals surface area contributed by atoms with Gasteiger partial charge in [-0.3, -0.25) is 4.79 Å². The van der Waals surface area contributed by atoms with Crippen LogP contribution in [0.4, 0.5) is 10.8 Å². The molecule has 0 fully saturated rings. The number of carbonyl (C=O) groups excluding carboxylic acids is 1. The molecule has 0 bridgehead atoms. The Morgan fingerprint density at radius 1 is 1.35 bits per heavy atom. The van der Waals surface area contributed by atoms with E-state index < -0.39 is 0 Å². The van der Waals surface area contributed by atoms with E-state index in [2.05, 4.69) is 15.6 Å². The first-order valence-corrected chi connectivity index (χ1v) is 8.05. The van der Waals surface area contributed by atoms with Crippen molar-refractivity contribution in [1.29, 1.82) is 0 Å². The maximum absolute atomic E-state index is 12.0. The molecular weight excluding hydrogens is 316 g/mol. The molecule has 3 rings (SSSR count). The van der Waals surface area contributed by atoms with E-state index in [-0.39, 0.29) is 12.7 Å². The van der Waals surface area contributed by atoms with Crippen LogP contribution in [0.5, 0.6) is 11.5 Å². The van der Waals surface area contributed by atoms with E-state index in [9.17, 15) is 4.79 Å². The molecule has 2 heterocycles. The van der Waals surface area contributed by atoms with E-state index >= 15 is 0 Å². The second kappa shape index (κ2) is 6.84. The number of nitrogens with zero attached hydrogens (tertiary/aromatic N) is 2. The van der Waals surface area contributed by atoms with Crippen molar-refractivity contribution in [3.8, 4) is 11.5 Å². The number of amides is 1. The molecule has 0 saturated heterocycles. The maximum Gasteiger partial charge on any atom is 0.270 e. The van der Waals surface area contributed by atoms with Gasteiger partial charge in [-0.05, 0) is 26.2 Å². The van der Waals surface area contributed by atoms with Gasteiger partial charge in [0.15, 0.2) is 16.6 Å². The second-order valence-electron chi connectivity index (χ2n) is 5.29. The molecule has 0 atom stereocenters. The summed E-state index contributed by atoms with van der Waals surface area (Å²) in [5.74, 6) is 1.27. The topological polar surface area (TPSA) is 75.7 Å². The summed E-state index contributed by atoms with van der Waals surface area (Å²) in [6.07, 6.45) is 0. The number of rotatable bonds is 6. The van der Waals surface area contributed by atoms with Crippen LogP contribution in [0.2, 0.25) is 0 Å². The number of carbonyl (C=O) groups is 1. The molecule has 122 valence electrons. The third kappa shape index (κ3) is 3.91. The zero-order valence-corrected chi connectivity index (χ0v) is 13.8. The molecule has 1 aliphatic rings. The van der Waals surface area contributed by atoms with E-state index in [1.165, 1.54) is 11.3 Å². The number of nitrogens with one attached hydrogen (secondary N) is 2. The standard InChI is InChI=1S/C15H18N4O3S/c1-19(2)6-5-16-14(20)11-8-23-15(18-11)17-10-3-4-12-13(7-10)22-9-21-12/h3-4,7-8H,5-6,9H2,1-2H3,(H,16,20)(H,17,18). The summed E-state index contributed by atoms with van der Waals surface area (Å²) in [5, 5.41) is 8.40. The first-order chi connectivity index (χ1) is 11.1. The van der Waals surface area contributed by atoms with Crippen LogP contribution in [0.3, 0.4) is 0 Å². The number of aromatic nitrogens is 1. The zero-order valence-electron chi connectivity index (χ0n) is 13.0. The first kappa shape index (κ1) is 15.6. The third-order valence-corrected chi connectivity index (χ3v) is 3.96. The second-order valence-corrected chi connectivity index (χ2v) is 6.15. The smallest absolute Gasteiger partial charge is 0.270 e. The number of thiazole rings is 1. The van der Waals surface area contributed by atoms with Crippen LogP contribution in [0, 0.1) is 0 Å². The molecule has 0 saturated carbocycles. The quantitative estimate of drug-likeness (QED) is 0.840. The van der Waals surface area contributed by atoms with Crippen molar-refractivity contribution < 1.29 is 14.3 Å². The Balaban J connectivity index is 1.60. The Hall–Kier alpha value is -2.32. The number of anilines is 2. The molecule has 1 aliphatic heterocycles. The normalized spacial score (nSPS) is 12.5. The van der Waals surface area contributed by atoms with Crippen molar-refractivity contribution >= 4 is 28.1 Å². The summed E-state index contributed by atoms with van der Waals surface area (Å²) in [7, 11) is 3.92. The molecule has 8 heteroatoms. The van der Waals surface area contributed by atoms with E-state index in [1.807, 2.05) is 37.2 Å². The van der Waals surface area contributed by atoms with Crippen molar-refractivity contribution in [2.24, 2.45) is 0 Å². The average molecular weight is 334 g/mol. The van der Waals surface area contributed by atoms with Crippen LogP contribution in [-0.4, -0.2) is 49.8 Å². The van der Waals surface area contributed by atoms with Crippen LogP contribution in [0.25, 0.3) is 0 Å². The van der Waals surface area contributed by atoms with Gasteiger partial charge in [0.1, 0.15) is 5.69 Å². The molecule has 0 radical (unpaired) electrons. The van der Waals surface area contributed by atoms with Gasteiger partial charge in [0.2, 0.25) is 6.79 Å². The van der Waals surface area contributed by atoms with Crippen LogP contribution in [0.15, 0.2) is 23.6 Å². The largest absolute Gasteiger partial charge is 0.454 e. The van der Waals surface area contributed by atoms with E-state index in [0.717, 1.165) is 18.0 Å². The fourth-order valence-corrected chi connectivity index (χ4v) is 2.73. The van der Waals surface area contributed by atoms with Gasteiger partial charge in [0, 0.05) is 30.2 Å². The summed E-state index contributed by atoms with van der Waals surface area (Å²) < 4.78 is 10.6. The zero-order chi connectivity index (χ0) is 16.2. The number of ether oxygens (including phenoxy) is 2. The highest BCUT2D eigenvalue weighted by atomic mass is 32.1. The number of hydrogen-bond acceptors (Lipinski definition) is 7. The lowest BCUT2D eigenvalue weighted by Gasteiger charge is -2.09. The van der Waals surface area contributed by atoms with Gasteiger partial charge in [-0.15, -0.1) is 11.3 Å². The molecule has 7 nitrogen and oxygen atoms in total. The lowest BCUT2D eigenvalue weighted by Crippen LogP contribution is -2.31. The third-order valence-electron chi connectivity index (χ3n) is 3.21. The van der Waals surface area contributed by atoms with E-state index in [0.29, 0.717) is 23.1 Å². The van der Waals surface area contributed by atoms with Crippen LogP contribution >= 0.6 is 11.3 Å². The molecule has 1 aromatic heterocycles. The predicted octanol–water partition coefficient (Wildman–Crippen LogP) is 1.91. The Kier molecular flexibility index (Phi) is 4.63. The molecular formula is C15H18N4O3S. The molecule has 0 aliphatic carbocycles. The van der Waals surface area contributed by atoms with Gasteiger partial charge in [-0.1, -0.05) is 0 Å². The minimum absolute atomic E-state index is 0.165. The molecule has 0 spiro atoms. The first-order valence-electron chi connectivity index (χ1n) is 7.17. The minimum Gasteiger partial charge on any atom is -0.454 e. The molecule has 2 N–H and O–H groups in total. The molecule has 1 amide bonds. The monoisotopic (exact) mass is 334 g/mol. The number of benzene rings is 1. The van der Waals surface area contributed by atoms with E-state index in [1.54, 1.807) is 5.38 Å². The van der Waals surface area contributed by atoms with Gasteiger partial charge in [-0.25, -0.2) is 4.98 Å². The summed E-state index contributed by atoms with van der Waals surface area (Å²) in [4.78, 5) is 18.3. The van der Waals surface area contributed by atoms with Crippen LogP contribution in [0.1, 0.15) is 10.5 Å². The van der Waals surface area contributed by atoms with Gasteiger partial charge in [0.25, 0.3) is 5.91 Å². The van der Waals surface area contributed by atoms with Crippen molar-refractivity contribution in [3.63, 3.8) is 0 Å². The van der Waals surface area contributed by atoms with Crippen molar-refractivity contribution in [2.75, 3.05) is 39.3 Å². The molecule has 23 heavy (non-hydrogen) atoms. The minimum atomic E-state index is -0.165. The molecule has 2 aromatic rings. The van der Waals surface area contributed by atoms with Gasteiger partial charge < -0.3 is 25.0 Å². The fraction of sp³-hybridized carbons (Fsp3) is 0.333. The Labute approximate surface area is 138 Å². The number of hydrogen-bond donors (Lipinski definition) is 2. The lowest BCUT2D eigenvalue weighted by molar-refractivity contribution is 0.0947. The van der Waals surface area contributed by atoms with Gasteiger partial charge in [0.05, 0.1) is 0 Å². The van der Waals surface area contributed by atoms with Gasteiger partial charge >= 0.3 is 0 Å². The summed E-state index contributed by atoms with van der Waals surface area (Å²) in [5.41, 5.74) is 1.25. The van der Waals surface area contributed by atoms with Crippen LogP contribution < -0.4 is 20.1 Å². The average Bonchev–Trinajstić information content (AvgIpc) is 3.15. The Morgan fingerprint density at radius 2 is 2.17 bits per heavy atom. The van der Waals surface area contributed by atoms with Crippen molar-refractivity contribution in [2.45, 2.75) is 0 Å². The summed E-state index contributed by atoms with van der Waals surface area (Å²) in [6.45, 7) is 1.62. The number of fused-ring (bicyclic) bond motifs is 1. The summed E-state index contributed by atoms with van der Waals surface area (Å²) >= 11 is 1.38. The fourth-order valence-electron chi connectivity index (χ4n) is 2.02. The highest BCUT2D eigenvalue weighted by molar-refractivity contribution is 7.14. The Bertz CT molecular complexity index is 702. The summed E-state index contributed by atoms with van der Waals surface area (Å²) in [6, 6.07) is 5.57. The van der Waals surface area contributed by atoms with Crippen LogP contribution in [-0.2, 0) is 0 Å². The maximum atomic E-state index is 12.0. The number of likely N-dealkylation sites (N-methyl/N-ethyl adjacent to an activating group) is 1. The SMILES string of the molecule is CN(C)CCNC(=O)c1csc(Nc2ccc3c(c2)OCO3)n1. The predicted molar refractivity (Wildman–Crippen MR) is 88.8 cm³/mol. The lowest BCUT2D eigenvalue weighted by atomic mass is 10.3. The highest BCUT2D eigenvalue weighted by Gasteiger charge is 2.14.